The fourth-order valence-corrected chi connectivity index (χ4v) is 2.69. The van der Waals surface area contributed by atoms with Crippen LogP contribution in [-0.4, -0.2) is 29.6 Å². The molecule has 0 bridgehead atoms. The highest BCUT2D eigenvalue weighted by Gasteiger charge is 2.10. The van der Waals surface area contributed by atoms with Crippen molar-refractivity contribution in [3.63, 3.8) is 0 Å². The van der Waals surface area contributed by atoms with Gasteiger partial charge < -0.3 is 14.7 Å². The van der Waals surface area contributed by atoms with Crippen molar-refractivity contribution in [3.05, 3.63) is 39.9 Å². The minimum atomic E-state index is 0.371. The van der Waals surface area contributed by atoms with Gasteiger partial charge in [-0.1, -0.05) is 19.0 Å². The van der Waals surface area contributed by atoms with Gasteiger partial charge in [0.25, 0.3) is 0 Å². The standard InChI is InChI=1S/C16H24N4OS/c1-5-17-16(20(4)10-13-6-7-22-11-13)18-9-14-8-15(12(2)3)19-21-14/h6-8,11-12H,5,9-10H2,1-4H3,(H,17,18). The van der Waals surface area contributed by atoms with Crippen LogP contribution in [0.25, 0.3) is 0 Å². The fraction of sp³-hybridized carbons (Fsp3) is 0.500. The van der Waals surface area contributed by atoms with E-state index in [1.54, 1.807) is 11.3 Å². The van der Waals surface area contributed by atoms with Gasteiger partial charge in [-0.2, -0.15) is 11.3 Å². The quantitative estimate of drug-likeness (QED) is 0.654. The molecule has 0 aliphatic rings. The molecule has 6 heteroatoms. The van der Waals surface area contributed by atoms with Gasteiger partial charge in [0.05, 0.1) is 5.69 Å². The summed E-state index contributed by atoms with van der Waals surface area (Å²) in [6.45, 7) is 8.44. The highest BCUT2D eigenvalue weighted by Crippen LogP contribution is 2.15. The predicted molar refractivity (Wildman–Crippen MR) is 91.2 cm³/mol. The van der Waals surface area contributed by atoms with Gasteiger partial charge in [0.2, 0.25) is 0 Å². The third-order valence-corrected chi connectivity index (χ3v) is 3.98. The zero-order valence-corrected chi connectivity index (χ0v) is 14.5. The van der Waals surface area contributed by atoms with Gasteiger partial charge in [0, 0.05) is 26.2 Å². The molecule has 0 fully saturated rings. The third-order valence-electron chi connectivity index (χ3n) is 3.25. The molecule has 0 radical (unpaired) electrons. The molecule has 0 unspecified atom stereocenters. The van der Waals surface area contributed by atoms with Crippen molar-refractivity contribution in [1.82, 2.24) is 15.4 Å². The molecular formula is C16H24N4OS. The van der Waals surface area contributed by atoms with E-state index in [9.17, 15) is 0 Å². The molecule has 120 valence electrons. The third kappa shape index (κ3) is 4.59. The smallest absolute Gasteiger partial charge is 0.194 e. The molecule has 2 rings (SSSR count). The molecule has 0 aliphatic carbocycles. The van der Waals surface area contributed by atoms with Crippen molar-refractivity contribution in [1.29, 1.82) is 0 Å². The number of aliphatic imine (C=N–C) groups is 1. The molecule has 0 saturated carbocycles. The van der Waals surface area contributed by atoms with E-state index in [0.717, 1.165) is 30.5 Å². The normalized spacial score (nSPS) is 12.0. The number of rotatable bonds is 6. The molecule has 0 amide bonds. The number of aromatic nitrogens is 1. The van der Waals surface area contributed by atoms with Gasteiger partial charge in [-0.15, -0.1) is 0 Å². The van der Waals surface area contributed by atoms with E-state index in [-0.39, 0.29) is 0 Å². The molecule has 0 aromatic carbocycles. The summed E-state index contributed by atoms with van der Waals surface area (Å²) in [5.74, 6) is 2.04. The van der Waals surface area contributed by atoms with Crippen LogP contribution in [0.1, 0.15) is 43.7 Å². The summed E-state index contributed by atoms with van der Waals surface area (Å²) in [6, 6.07) is 4.12. The largest absolute Gasteiger partial charge is 0.359 e. The van der Waals surface area contributed by atoms with Crippen LogP contribution in [0.2, 0.25) is 0 Å². The molecule has 2 heterocycles. The van der Waals surface area contributed by atoms with Gasteiger partial charge in [0.1, 0.15) is 6.54 Å². The first kappa shape index (κ1) is 16.5. The Balaban J connectivity index is 2.02. The van der Waals surface area contributed by atoms with E-state index in [2.05, 4.69) is 58.0 Å². The predicted octanol–water partition coefficient (Wildman–Crippen LogP) is 3.46. The van der Waals surface area contributed by atoms with Crippen molar-refractivity contribution in [2.75, 3.05) is 13.6 Å². The van der Waals surface area contributed by atoms with Crippen molar-refractivity contribution in [3.8, 4) is 0 Å². The minimum absolute atomic E-state index is 0.371. The highest BCUT2D eigenvalue weighted by molar-refractivity contribution is 7.07. The van der Waals surface area contributed by atoms with Gasteiger partial charge in [-0.3, -0.25) is 0 Å². The summed E-state index contributed by atoms with van der Waals surface area (Å²) in [4.78, 5) is 6.75. The molecule has 0 atom stereocenters. The lowest BCUT2D eigenvalue weighted by Gasteiger charge is -2.21. The summed E-state index contributed by atoms with van der Waals surface area (Å²) in [5.41, 5.74) is 2.27. The zero-order chi connectivity index (χ0) is 15.9. The summed E-state index contributed by atoms with van der Waals surface area (Å²) >= 11 is 1.71. The van der Waals surface area contributed by atoms with E-state index in [1.807, 2.05) is 13.1 Å². The molecule has 1 N–H and O–H groups in total. The number of nitrogens with zero attached hydrogens (tertiary/aromatic N) is 3. The van der Waals surface area contributed by atoms with Crippen LogP contribution in [0.3, 0.4) is 0 Å². The van der Waals surface area contributed by atoms with Crippen molar-refractivity contribution in [2.24, 2.45) is 4.99 Å². The summed E-state index contributed by atoms with van der Waals surface area (Å²) in [6.07, 6.45) is 0. The van der Waals surface area contributed by atoms with E-state index in [0.29, 0.717) is 12.5 Å². The highest BCUT2D eigenvalue weighted by atomic mass is 32.1. The Labute approximate surface area is 136 Å². The molecule has 0 aliphatic heterocycles. The SMILES string of the molecule is CCNC(=NCc1cc(C(C)C)no1)N(C)Cc1ccsc1. The van der Waals surface area contributed by atoms with E-state index < -0.39 is 0 Å². The Bertz CT molecular complexity index is 589. The maximum Gasteiger partial charge on any atom is 0.194 e. The van der Waals surface area contributed by atoms with Crippen molar-refractivity contribution < 1.29 is 4.52 Å². The summed E-state index contributed by atoms with van der Waals surface area (Å²) in [5, 5.41) is 11.6. The Morgan fingerprint density at radius 1 is 1.50 bits per heavy atom. The van der Waals surface area contributed by atoms with Crippen LogP contribution in [0.5, 0.6) is 0 Å². The Morgan fingerprint density at radius 3 is 2.91 bits per heavy atom. The number of nitrogens with one attached hydrogen (secondary N) is 1. The van der Waals surface area contributed by atoms with Crippen LogP contribution in [0.4, 0.5) is 0 Å². The molecule has 5 nitrogen and oxygen atoms in total. The Morgan fingerprint density at radius 2 is 2.32 bits per heavy atom. The maximum atomic E-state index is 5.34. The van der Waals surface area contributed by atoms with E-state index in [4.69, 9.17) is 4.52 Å². The second kappa shape index (κ2) is 7.98. The molecule has 2 aromatic heterocycles. The minimum Gasteiger partial charge on any atom is -0.359 e. The summed E-state index contributed by atoms with van der Waals surface area (Å²) < 4.78 is 5.34. The lowest BCUT2D eigenvalue weighted by molar-refractivity contribution is 0.375. The van der Waals surface area contributed by atoms with Crippen LogP contribution in [-0.2, 0) is 13.1 Å². The van der Waals surface area contributed by atoms with Gasteiger partial charge in [0.15, 0.2) is 11.7 Å². The number of hydrogen-bond acceptors (Lipinski definition) is 4. The van der Waals surface area contributed by atoms with Crippen molar-refractivity contribution in [2.45, 2.75) is 39.8 Å². The zero-order valence-electron chi connectivity index (χ0n) is 13.7. The fourth-order valence-electron chi connectivity index (χ4n) is 2.03. The first-order chi connectivity index (χ1) is 10.6. The van der Waals surface area contributed by atoms with Crippen LogP contribution in [0, 0.1) is 0 Å². The van der Waals surface area contributed by atoms with E-state index in [1.165, 1.54) is 5.56 Å². The van der Waals surface area contributed by atoms with Crippen LogP contribution >= 0.6 is 11.3 Å². The lowest BCUT2D eigenvalue weighted by Crippen LogP contribution is -2.38. The average Bonchev–Trinajstić information content (AvgIpc) is 3.14. The van der Waals surface area contributed by atoms with Crippen LogP contribution < -0.4 is 5.32 Å². The number of hydrogen-bond donors (Lipinski definition) is 1. The monoisotopic (exact) mass is 320 g/mol. The molecule has 0 spiro atoms. The first-order valence-corrected chi connectivity index (χ1v) is 8.50. The molecule has 0 saturated heterocycles. The summed E-state index contributed by atoms with van der Waals surface area (Å²) in [7, 11) is 2.04. The topological polar surface area (TPSA) is 53.7 Å². The molecular weight excluding hydrogens is 296 g/mol. The van der Waals surface area contributed by atoms with Gasteiger partial charge in [-0.05, 0) is 35.2 Å². The second-order valence-corrected chi connectivity index (χ2v) is 6.31. The van der Waals surface area contributed by atoms with Crippen molar-refractivity contribution >= 4 is 17.3 Å². The molecule has 2 aromatic rings. The van der Waals surface area contributed by atoms with E-state index >= 15 is 0 Å². The van der Waals surface area contributed by atoms with Gasteiger partial charge >= 0.3 is 0 Å². The second-order valence-electron chi connectivity index (χ2n) is 5.53. The van der Waals surface area contributed by atoms with Gasteiger partial charge in [-0.25, -0.2) is 4.99 Å². The first-order valence-electron chi connectivity index (χ1n) is 7.56. The van der Waals surface area contributed by atoms with Crippen LogP contribution in [0.15, 0.2) is 32.4 Å². The number of guanidine groups is 1. The number of thiophene rings is 1. The Hall–Kier alpha value is -1.82. The Kier molecular flexibility index (Phi) is 6.00. The maximum absolute atomic E-state index is 5.34. The lowest BCUT2D eigenvalue weighted by atomic mass is 10.1. The molecule has 22 heavy (non-hydrogen) atoms. The average molecular weight is 320 g/mol.